The van der Waals surface area contributed by atoms with Crippen molar-refractivity contribution in [1.29, 1.82) is 0 Å². The molecule has 2 rings (SSSR count). The number of nitrogens with zero attached hydrogens (tertiary/aromatic N) is 3. The number of methoxy groups -OCH3 is 1. The SMILES string of the molecule is CCNC(=NCC1CCN(CCOC)CC1)N1CCSC(C)(C)C1.I. The van der Waals surface area contributed by atoms with Gasteiger partial charge in [-0.3, -0.25) is 4.99 Å². The summed E-state index contributed by atoms with van der Waals surface area (Å²) >= 11 is 2.07. The molecule has 2 aliphatic heterocycles. The Morgan fingerprint density at radius 3 is 2.60 bits per heavy atom. The number of aliphatic imine (C=N–C) groups is 1. The molecule has 25 heavy (non-hydrogen) atoms. The Morgan fingerprint density at radius 2 is 2.00 bits per heavy atom. The molecule has 2 fully saturated rings. The first kappa shape index (κ1) is 23.3. The third-order valence-corrected chi connectivity index (χ3v) is 6.18. The van der Waals surface area contributed by atoms with Crippen molar-refractivity contribution in [2.75, 3.05) is 65.3 Å². The van der Waals surface area contributed by atoms with Crippen molar-refractivity contribution in [3.63, 3.8) is 0 Å². The largest absolute Gasteiger partial charge is 0.383 e. The van der Waals surface area contributed by atoms with E-state index in [0.29, 0.717) is 4.75 Å². The third-order valence-electron chi connectivity index (χ3n) is 4.88. The smallest absolute Gasteiger partial charge is 0.193 e. The van der Waals surface area contributed by atoms with Crippen LogP contribution in [0, 0.1) is 5.92 Å². The van der Waals surface area contributed by atoms with Crippen molar-refractivity contribution in [3.8, 4) is 0 Å². The quantitative estimate of drug-likeness (QED) is 0.357. The lowest BCUT2D eigenvalue weighted by molar-refractivity contribution is 0.121. The predicted octanol–water partition coefficient (Wildman–Crippen LogP) is 2.76. The Bertz CT molecular complexity index is 401. The minimum atomic E-state index is 0. The van der Waals surface area contributed by atoms with Crippen LogP contribution in [-0.2, 0) is 4.74 Å². The van der Waals surface area contributed by atoms with Crippen molar-refractivity contribution in [2.45, 2.75) is 38.4 Å². The third kappa shape index (κ3) is 8.22. The number of nitrogens with one attached hydrogen (secondary N) is 1. The van der Waals surface area contributed by atoms with Crippen LogP contribution in [0.15, 0.2) is 4.99 Å². The molecule has 0 saturated carbocycles. The Kier molecular flexibility index (Phi) is 11.1. The van der Waals surface area contributed by atoms with E-state index in [2.05, 4.69) is 47.6 Å². The summed E-state index contributed by atoms with van der Waals surface area (Å²) in [7, 11) is 1.78. The van der Waals surface area contributed by atoms with E-state index in [1.807, 2.05) is 0 Å². The summed E-state index contributed by atoms with van der Waals surface area (Å²) < 4.78 is 5.50. The first-order valence-corrected chi connectivity index (χ1v) is 10.4. The predicted molar refractivity (Wildman–Crippen MR) is 121 cm³/mol. The standard InChI is InChI=1S/C18H36N4OS.HI/c1-5-19-17(22-11-13-24-18(2,3)15-22)20-14-16-6-8-21(9-7-16)10-12-23-4;/h16H,5-15H2,1-4H3,(H,19,20);1H. The number of guanidine groups is 1. The second-order valence-corrected chi connectivity index (χ2v) is 9.30. The van der Waals surface area contributed by atoms with Gasteiger partial charge >= 0.3 is 0 Å². The molecular weight excluding hydrogens is 447 g/mol. The van der Waals surface area contributed by atoms with Gasteiger partial charge < -0.3 is 19.9 Å². The van der Waals surface area contributed by atoms with E-state index >= 15 is 0 Å². The fourth-order valence-corrected chi connectivity index (χ4v) is 4.56. The van der Waals surface area contributed by atoms with Gasteiger partial charge in [0.05, 0.1) is 6.61 Å². The van der Waals surface area contributed by atoms with Gasteiger partial charge in [-0.2, -0.15) is 11.8 Å². The zero-order chi connectivity index (χ0) is 17.4. The van der Waals surface area contributed by atoms with Crippen LogP contribution in [0.5, 0.6) is 0 Å². The van der Waals surface area contributed by atoms with E-state index in [1.165, 1.54) is 31.7 Å². The van der Waals surface area contributed by atoms with Gasteiger partial charge in [0, 0.05) is 50.3 Å². The summed E-state index contributed by atoms with van der Waals surface area (Å²) in [5, 5.41) is 3.51. The summed E-state index contributed by atoms with van der Waals surface area (Å²) in [5.74, 6) is 3.03. The van der Waals surface area contributed by atoms with E-state index in [9.17, 15) is 0 Å². The van der Waals surface area contributed by atoms with Gasteiger partial charge in [-0.1, -0.05) is 0 Å². The summed E-state index contributed by atoms with van der Waals surface area (Å²) in [5.41, 5.74) is 0. The van der Waals surface area contributed by atoms with E-state index in [-0.39, 0.29) is 24.0 Å². The monoisotopic (exact) mass is 484 g/mol. The second kappa shape index (κ2) is 11.9. The highest BCUT2D eigenvalue weighted by molar-refractivity contribution is 14.0. The van der Waals surface area contributed by atoms with Gasteiger partial charge in [0.15, 0.2) is 5.96 Å². The number of rotatable bonds is 6. The molecule has 1 N–H and O–H groups in total. The van der Waals surface area contributed by atoms with Crippen LogP contribution in [-0.4, -0.2) is 85.8 Å². The maximum absolute atomic E-state index is 5.18. The molecule has 0 atom stereocenters. The Hall–Kier alpha value is 0.270. The second-order valence-electron chi connectivity index (χ2n) is 7.50. The lowest BCUT2D eigenvalue weighted by Gasteiger charge is -2.39. The molecule has 2 aliphatic rings. The zero-order valence-corrected chi connectivity index (χ0v) is 19.6. The van der Waals surface area contributed by atoms with Gasteiger partial charge in [0.2, 0.25) is 0 Å². The highest BCUT2D eigenvalue weighted by Crippen LogP contribution is 2.29. The first-order chi connectivity index (χ1) is 11.5. The number of hydrogen-bond acceptors (Lipinski definition) is 4. The van der Waals surface area contributed by atoms with Crippen molar-refractivity contribution >= 4 is 41.7 Å². The minimum Gasteiger partial charge on any atom is -0.383 e. The van der Waals surface area contributed by atoms with Gasteiger partial charge in [0.25, 0.3) is 0 Å². The maximum atomic E-state index is 5.18. The molecule has 0 amide bonds. The summed E-state index contributed by atoms with van der Waals surface area (Å²) in [4.78, 5) is 9.96. The van der Waals surface area contributed by atoms with Crippen LogP contribution in [0.4, 0.5) is 0 Å². The molecule has 0 spiro atoms. The number of halogens is 1. The molecule has 148 valence electrons. The first-order valence-electron chi connectivity index (χ1n) is 9.42. The van der Waals surface area contributed by atoms with Crippen LogP contribution in [0.1, 0.15) is 33.6 Å². The molecule has 5 nitrogen and oxygen atoms in total. The summed E-state index contributed by atoms with van der Waals surface area (Å²) in [6.07, 6.45) is 2.52. The van der Waals surface area contributed by atoms with Crippen molar-refractivity contribution < 1.29 is 4.74 Å². The van der Waals surface area contributed by atoms with Gasteiger partial charge in [-0.15, -0.1) is 24.0 Å². The molecule has 7 heteroatoms. The fraction of sp³-hybridized carbons (Fsp3) is 0.944. The van der Waals surface area contributed by atoms with E-state index in [1.54, 1.807) is 7.11 Å². The number of ether oxygens (including phenoxy) is 1. The highest BCUT2D eigenvalue weighted by Gasteiger charge is 2.29. The minimum absolute atomic E-state index is 0. The van der Waals surface area contributed by atoms with Crippen molar-refractivity contribution in [3.05, 3.63) is 0 Å². The molecule has 0 aromatic heterocycles. The molecule has 0 bridgehead atoms. The Balaban J connectivity index is 0.00000312. The summed E-state index contributed by atoms with van der Waals surface area (Å²) in [6.45, 7) is 15.2. The number of likely N-dealkylation sites (tertiary alicyclic amines) is 1. The average Bonchev–Trinajstić information content (AvgIpc) is 2.57. The Morgan fingerprint density at radius 1 is 1.28 bits per heavy atom. The zero-order valence-electron chi connectivity index (χ0n) is 16.4. The van der Waals surface area contributed by atoms with E-state index in [4.69, 9.17) is 9.73 Å². The lowest BCUT2D eigenvalue weighted by Crippen LogP contribution is -2.51. The van der Waals surface area contributed by atoms with E-state index < -0.39 is 0 Å². The molecule has 2 saturated heterocycles. The van der Waals surface area contributed by atoms with Crippen LogP contribution >= 0.6 is 35.7 Å². The maximum Gasteiger partial charge on any atom is 0.193 e. The topological polar surface area (TPSA) is 40.1 Å². The average molecular weight is 484 g/mol. The van der Waals surface area contributed by atoms with Crippen LogP contribution in [0.2, 0.25) is 0 Å². The molecule has 0 aliphatic carbocycles. The molecular formula is C18H37IN4OS. The highest BCUT2D eigenvalue weighted by atomic mass is 127. The summed E-state index contributed by atoms with van der Waals surface area (Å²) in [6, 6.07) is 0. The number of hydrogen-bond donors (Lipinski definition) is 1. The van der Waals surface area contributed by atoms with Crippen LogP contribution < -0.4 is 5.32 Å². The molecule has 0 aromatic rings. The number of thioether (sulfide) groups is 1. The molecule has 0 radical (unpaired) electrons. The van der Waals surface area contributed by atoms with E-state index in [0.717, 1.165) is 51.2 Å². The van der Waals surface area contributed by atoms with Gasteiger partial charge in [-0.25, -0.2) is 0 Å². The fourth-order valence-electron chi connectivity index (χ4n) is 3.45. The molecule has 0 unspecified atom stereocenters. The van der Waals surface area contributed by atoms with Gasteiger partial charge in [-0.05, 0) is 52.6 Å². The van der Waals surface area contributed by atoms with Crippen molar-refractivity contribution in [1.82, 2.24) is 15.1 Å². The normalized spacial score (nSPS) is 22.6. The lowest BCUT2D eigenvalue weighted by atomic mass is 9.97. The van der Waals surface area contributed by atoms with Crippen LogP contribution in [0.25, 0.3) is 0 Å². The molecule has 0 aromatic carbocycles. The molecule has 2 heterocycles. The van der Waals surface area contributed by atoms with Gasteiger partial charge in [0.1, 0.15) is 0 Å². The Labute approximate surface area is 175 Å². The van der Waals surface area contributed by atoms with Crippen LogP contribution in [0.3, 0.4) is 0 Å². The van der Waals surface area contributed by atoms with Crippen molar-refractivity contribution in [2.24, 2.45) is 10.9 Å². The number of piperidine rings is 1.